The molecule has 1 N–H and O–H groups in total. The quantitative estimate of drug-likeness (QED) is 0.653. The summed E-state index contributed by atoms with van der Waals surface area (Å²) in [6, 6.07) is 16.4. The van der Waals surface area contributed by atoms with Gasteiger partial charge in [-0.1, -0.05) is 18.2 Å². The zero-order chi connectivity index (χ0) is 19.9. The summed E-state index contributed by atoms with van der Waals surface area (Å²) in [5, 5.41) is 2.91. The van der Waals surface area contributed by atoms with Gasteiger partial charge in [0.05, 0.1) is 4.58 Å². The molecule has 0 radical (unpaired) electrons. The number of benzene rings is 2. The zero-order valence-corrected chi connectivity index (χ0v) is 18.3. The Morgan fingerprint density at radius 2 is 1.89 bits per heavy atom. The summed E-state index contributed by atoms with van der Waals surface area (Å²) >= 11 is 4.00. The number of amides is 1. The van der Waals surface area contributed by atoms with Crippen molar-refractivity contribution < 1.29 is 9.53 Å². The van der Waals surface area contributed by atoms with Crippen LogP contribution in [0.4, 0.5) is 11.4 Å². The molecular formula is C22H28N2O2S2. The van der Waals surface area contributed by atoms with Gasteiger partial charge in [0, 0.05) is 24.5 Å². The van der Waals surface area contributed by atoms with E-state index < -0.39 is 0 Å². The van der Waals surface area contributed by atoms with E-state index in [1.807, 2.05) is 67.0 Å². The van der Waals surface area contributed by atoms with Crippen LogP contribution in [-0.2, 0) is 4.79 Å². The summed E-state index contributed by atoms with van der Waals surface area (Å²) < 4.78 is 6.18. The molecule has 0 aliphatic carbocycles. The molecule has 28 heavy (non-hydrogen) atoms. The molecule has 1 fully saturated rings. The van der Waals surface area contributed by atoms with Crippen LogP contribution in [0.3, 0.4) is 0 Å². The number of carbonyl (C=O) groups excluding carboxylic acids is 1. The maximum absolute atomic E-state index is 12.3. The van der Waals surface area contributed by atoms with E-state index in [-0.39, 0.29) is 12.5 Å². The maximum Gasteiger partial charge on any atom is 0.262 e. The van der Waals surface area contributed by atoms with E-state index in [0.717, 1.165) is 17.1 Å². The summed E-state index contributed by atoms with van der Waals surface area (Å²) in [6.07, 6.45) is 1.29. The Hall–Kier alpha value is -1.79. The average Bonchev–Trinajstić information content (AvgIpc) is 2.73. The Labute approximate surface area is 176 Å². The third-order valence-electron chi connectivity index (χ3n) is 4.66. The number of nitrogens with one attached hydrogen (secondary N) is 1. The van der Waals surface area contributed by atoms with Crippen molar-refractivity contribution in [3.05, 3.63) is 54.1 Å². The van der Waals surface area contributed by atoms with Gasteiger partial charge in [-0.2, -0.15) is 0 Å². The van der Waals surface area contributed by atoms with Gasteiger partial charge < -0.3 is 15.0 Å². The van der Waals surface area contributed by atoms with Gasteiger partial charge in [-0.25, -0.2) is 0 Å². The van der Waals surface area contributed by atoms with Crippen LogP contribution in [-0.4, -0.2) is 37.1 Å². The first-order valence-corrected chi connectivity index (χ1v) is 11.7. The van der Waals surface area contributed by atoms with E-state index in [1.54, 1.807) is 0 Å². The SMILES string of the molecule is CC(C)N(C)c1cccc(NC(=O)COc2ccc(C3SCCCS3)cc2)c1. The van der Waals surface area contributed by atoms with E-state index in [9.17, 15) is 4.79 Å². The minimum Gasteiger partial charge on any atom is -0.484 e. The van der Waals surface area contributed by atoms with Gasteiger partial charge in [0.2, 0.25) is 0 Å². The number of nitrogens with zero attached hydrogens (tertiary/aromatic N) is 1. The monoisotopic (exact) mass is 416 g/mol. The first-order chi connectivity index (χ1) is 13.5. The van der Waals surface area contributed by atoms with Crippen molar-refractivity contribution in [2.45, 2.75) is 30.9 Å². The average molecular weight is 417 g/mol. The van der Waals surface area contributed by atoms with Crippen LogP contribution in [0, 0.1) is 0 Å². The van der Waals surface area contributed by atoms with Crippen molar-refractivity contribution in [1.82, 2.24) is 0 Å². The van der Waals surface area contributed by atoms with Crippen LogP contribution < -0.4 is 15.0 Å². The number of ether oxygens (including phenoxy) is 1. The molecule has 2 aromatic carbocycles. The first-order valence-electron chi connectivity index (χ1n) is 9.61. The molecule has 0 saturated carbocycles. The lowest BCUT2D eigenvalue weighted by Gasteiger charge is -2.24. The number of anilines is 2. The molecule has 1 aliphatic heterocycles. The fourth-order valence-corrected chi connectivity index (χ4v) is 5.74. The molecule has 2 aromatic rings. The Morgan fingerprint density at radius 3 is 2.57 bits per heavy atom. The molecule has 0 bridgehead atoms. The molecule has 0 aromatic heterocycles. The standard InChI is InChI=1S/C22H28N2O2S2/c1-16(2)24(3)19-7-4-6-18(14-19)23-21(25)15-26-20-10-8-17(9-11-20)22-27-12-5-13-28-22/h4,6-11,14,16,22H,5,12-13,15H2,1-3H3,(H,23,25). The Balaban J connectivity index is 1.51. The molecule has 1 heterocycles. The molecule has 1 saturated heterocycles. The summed E-state index contributed by atoms with van der Waals surface area (Å²) in [4.78, 5) is 14.4. The Morgan fingerprint density at radius 1 is 1.18 bits per heavy atom. The largest absolute Gasteiger partial charge is 0.484 e. The van der Waals surface area contributed by atoms with Gasteiger partial charge in [0.1, 0.15) is 5.75 Å². The van der Waals surface area contributed by atoms with E-state index in [1.165, 1.54) is 23.5 Å². The Kier molecular flexibility index (Phi) is 7.57. The first kappa shape index (κ1) is 20.9. The topological polar surface area (TPSA) is 41.6 Å². The normalized spacial score (nSPS) is 14.7. The third-order valence-corrected chi connectivity index (χ3v) is 7.68. The number of carbonyl (C=O) groups is 1. The minimum absolute atomic E-state index is 0.00345. The Bertz CT molecular complexity index is 774. The summed E-state index contributed by atoms with van der Waals surface area (Å²) in [6.45, 7) is 4.27. The van der Waals surface area contributed by atoms with Crippen LogP contribution >= 0.6 is 23.5 Å². The second kappa shape index (κ2) is 10.1. The fourth-order valence-electron chi connectivity index (χ4n) is 2.85. The van der Waals surface area contributed by atoms with Gasteiger partial charge in [0.25, 0.3) is 5.91 Å². The zero-order valence-electron chi connectivity index (χ0n) is 16.7. The second-order valence-corrected chi connectivity index (χ2v) is 9.81. The van der Waals surface area contributed by atoms with Crippen molar-refractivity contribution >= 4 is 40.8 Å². The van der Waals surface area contributed by atoms with Crippen LogP contribution in [0.2, 0.25) is 0 Å². The molecule has 1 amide bonds. The third kappa shape index (κ3) is 5.85. The fraction of sp³-hybridized carbons (Fsp3) is 0.409. The highest BCUT2D eigenvalue weighted by atomic mass is 32.2. The second-order valence-electron chi connectivity index (χ2n) is 7.09. The number of thioether (sulfide) groups is 2. The lowest BCUT2D eigenvalue weighted by atomic mass is 10.2. The minimum atomic E-state index is -0.160. The van der Waals surface area contributed by atoms with Gasteiger partial charge >= 0.3 is 0 Å². The van der Waals surface area contributed by atoms with E-state index in [4.69, 9.17) is 4.74 Å². The molecule has 6 heteroatoms. The highest BCUT2D eigenvalue weighted by molar-refractivity contribution is 8.16. The van der Waals surface area contributed by atoms with E-state index in [0.29, 0.717) is 10.6 Å². The lowest BCUT2D eigenvalue weighted by molar-refractivity contribution is -0.118. The predicted molar refractivity (Wildman–Crippen MR) is 123 cm³/mol. The van der Waals surface area contributed by atoms with Crippen LogP contribution in [0.25, 0.3) is 0 Å². The summed E-state index contributed by atoms with van der Waals surface area (Å²) in [7, 11) is 2.04. The van der Waals surface area contributed by atoms with Crippen LogP contribution in [0.5, 0.6) is 5.75 Å². The molecule has 0 atom stereocenters. The van der Waals surface area contributed by atoms with Gasteiger partial charge in [-0.15, -0.1) is 23.5 Å². The molecule has 1 aliphatic rings. The van der Waals surface area contributed by atoms with E-state index in [2.05, 4.69) is 36.2 Å². The van der Waals surface area contributed by atoms with Crippen LogP contribution in [0.1, 0.15) is 30.4 Å². The lowest BCUT2D eigenvalue weighted by Crippen LogP contribution is -2.26. The molecule has 150 valence electrons. The number of hydrogen-bond donors (Lipinski definition) is 1. The van der Waals surface area contributed by atoms with Crippen molar-refractivity contribution in [1.29, 1.82) is 0 Å². The maximum atomic E-state index is 12.3. The number of rotatable bonds is 7. The molecular weight excluding hydrogens is 388 g/mol. The number of hydrogen-bond acceptors (Lipinski definition) is 5. The summed E-state index contributed by atoms with van der Waals surface area (Å²) in [5.74, 6) is 3.01. The molecule has 3 rings (SSSR count). The van der Waals surface area contributed by atoms with Crippen molar-refractivity contribution in [2.24, 2.45) is 0 Å². The van der Waals surface area contributed by atoms with Crippen LogP contribution in [0.15, 0.2) is 48.5 Å². The highest BCUT2D eigenvalue weighted by Crippen LogP contribution is 2.43. The van der Waals surface area contributed by atoms with Crippen molar-refractivity contribution in [2.75, 3.05) is 35.4 Å². The highest BCUT2D eigenvalue weighted by Gasteiger charge is 2.16. The van der Waals surface area contributed by atoms with Crippen molar-refractivity contribution in [3.63, 3.8) is 0 Å². The van der Waals surface area contributed by atoms with Crippen molar-refractivity contribution in [3.8, 4) is 5.75 Å². The molecule has 0 spiro atoms. The van der Waals surface area contributed by atoms with Gasteiger partial charge in [-0.3, -0.25) is 4.79 Å². The smallest absolute Gasteiger partial charge is 0.262 e. The molecule has 0 unspecified atom stereocenters. The van der Waals surface area contributed by atoms with Gasteiger partial charge in [0.15, 0.2) is 6.61 Å². The predicted octanol–water partition coefficient (Wildman–Crippen LogP) is 5.42. The summed E-state index contributed by atoms with van der Waals surface area (Å²) in [5.41, 5.74) is 3.17. The van der Waals surface area contributed by atoms with E-state index >= 15 is 0 Å². The molecule has 4 nitrogen and oxygen atoms in total. The van der Waals surface area contributed by atoms with Gasteiger partial charge in [-0.05, 0) is 67.7 Å².